The maximum absolute atomic E-state index is 12.3. The highest BCUT2D eigenvalue weighted by Crippen LogP contribution is 2.25. The largest absolute Gasteiger partial charge is 0.450 e. The molecule has 0 radical (unpaired) electrons. The Morgan fingerprint density at radius 2 is 1.64 bits per heavy atom. The van der Waals surface area contributed by atoms with Gasteiger partial charge in [0.05, 0.1) is 18.8 Å². The van der Waals surface area contributed by atoms with Gasteiger partial charge in [0.15, 0.2) is 12.4 Å². The number of hydrogen-bond acceptors (Lipinski definition) is 7. The van der Waals surface area contributed by atoms with Crippen molar-refractivity contribution in [1.29, 1.82) is 0 Å². The molecule has 0 aliphatic carbocycles. The molecule has 0 unspecified atom stereocenters. The predicted molar refractivity (Wildman–Crippen MR) is 99.4 cm³/mol. The average molecular weight is 388 g/mol. The molecular formula is C21H24O7. The Morgan fingerprint density at radius 1 is 1.00 bits per heavy atom. The number of carbonyl (C=O) groups is 1. The molecule has 3 rings (SSSR count). The van der Waals surface area contributed by atoms with E-state index in [1.165, 1.54) is 7.11 Å². The Hall–Kier alpha value is -2.29. The summed E-state index contributed by atoms with van der Waals surface area (Å²) in [6.07, 6.45) is -5.70. The fourth-order valence-electron chi connectivity index (χ4n) is 2.99. The van der Waals surface area contributed by atoms with Crippen molar-refractivity contribution in [3.63, 3.8) is 0 Å². The third-order valence-corrected chi connectivity index (χ3v) is 4.52. The van der Waals surface area contributed by atoms with Crippen LogP contribution in [0.3, 0.4) is 0 Å². The van der Waals surface area contributed by atoms with Crippen LogP contribution in [0.5, 0.6) is 0 Å². The molecule has 0 spiro atoms. The van der Waals surface area contributed by atoms with Crippen LogP contribution in [0, 0.1) is 0 Å². The highest BCUT2D eigenvalue weighted by atomic mass is 16.7. The molecule has 1 heterocycles. The molecular weight excluding hydrogens is 364 g/mol. The van der Waals surface area contributed by atoms with Crippen molar-refractivity contribution in [2.45, 2.75) is 37.3 Å². The standard InChI is InChI=1S/C21H24O7/c1-25-21-19(28-20(24)15-10-6-3-7-11-15)18(23)17(22)16(27-21)13-26-12-14-8-4-2-5-9-14/h2-11,16-19,21-23H,12-13H2,1H3/t16-,17-,18+,19-,21+/m1/s1. The van der Waals surface area contributed by atoms with Gasteiger partial charge in [-0.15, -0.1) is 0 Å². The second-order valence-corrected chi connectivity index (χ2v) is 6.50. The number of ether oxygens (including phenoxy) is 4. The van der Waals surface area contributed by atoms with Gasteiger partial charge in [0, 0.05) is 7.11 Å². The first-order valence-corrected chi connectivity index (χ1v) is 9.02. The van der Waals surface area contributed by atoms with Crippen molar-refractivity contribution in [1.82, 2.24) is 0 Å². The van der Waals surface area contributed by atoms with Crippen molar-refractivity contribution >= 4 is 5.97 Å². The molecule has 28 heavy (non-hydrogen) atoms. The first-order valence-electron chi connectivity index (χ1n) is 9.02. The molecule has 7 nitrogen and oxygen atoms in total. The van der Waals surface area contributed by atoms with E-state index < -0.39 is 36.7 Å². The van der Waals surface area contributed by atoms with Crippen molar-refractivity contribution < 1.29 is 34.0 Å². The van der Waals surface area contributed by atoms with Crippen LogP contribution in [0.2, 0.25) is 0 Å². The lowest BCUT2D eigenvalue weighted by Crippen LogP contribution is -2.60. The fraction of sp³-hybridized carbons (Fsp3) is 0.381. The quantitative estimate of drug-likeness (QED) is 0.695. The lowest BCUT2D eigenvalue weighted by atomic mass is 9.99. The smallest absolute Gasteiger partial charge is 0.338 e. The van der Waals surface area contributed by atoms with Crippen LogP contribution in [-0.4, -0.2) is 60.6 Å². The second kappa shape index (κ2) is 9.77. The molecule has 0 bridgehead atoms. The first-order chi connectivity index (χ1) is 13.6. The highest BCUT2D eigenvalue weighted by molar-refractivity contribution is 5.89. The van der Waals surface area contributed by atoms with Gasteiger partial charge in [0.1, 0.15) is 18.3 Å². The van der Waals surface area contributed by atoms with Gasteiger partial charge < -0.3 is 29.2 Å². The van der Waals surface area contributed by atoms with Gasteiger partial charge in [-0.2, -0.15) is 0 Å². The van der Waals surface area contributed by atoms with Crippen LogP contribution in [0.15, 0.2) is 60.7 Å². The van der Waals surface area contributed by atoms with Gasteiger partial charge in [-0.3, -0.25) is 0 Å². The minimum Gasteiger partial charge on any atom is -0.450 e. The van der Waals surface area contributed by atoms with Crippen LogP contribution >= 0.6 is 0 Å². The van der Waals surface area contributed by atoms with E-state index in [1.54, 1.807) is 30.3 Å². The van der Waals surface area contributed by atoms with Crippen molar-refractivity contribution in [2.24, 2.45) is 0 Å². The number of hydrogen-bond donors (Lipinski definition) is 2. The van der Waals surface area contributed by atoms with Crippen LogP contribution in [0.1, 0.15) is 15.9 Å². The summed E-state index contributed by atoms with van der Waals surface area (Å²) in [7, 11) is 1.38. The SMILES string of the molecule is CO[C@H]1O[C@H](COCc2ccccc2)[C@@H](O)[C@H](O)[C@H]1OC(=O)c1ccccc1. The number of carbonyl (C=O) groups excluding carboxylic acids is 1. The van der Waals surface area contributed by atoms with Gasteiger partial charge in [-0.25, -0.2) is 4.79 Å². The molecule has 1 aliphatic heterocycles. The lowest BCUT2D eigenvalue weighted by molar-refractivity contribution is -0.295. The summed E-state index contributed by atoms with van der Waals surface area (Å²) in [5.74, 6) is -0.638. The zero-order valence-electron chi connectivity index (χ0n) is 15.5. The first kappa shape index (κ1) is 20.4. The van der Waals surface area contributed by atoms with E-state index in [2.05, 4.69) is 0 Å². The van der Waals surface area contributed by atoms with Crippen LogP contribution in [0.25, 0.3) is 0 Å². The molecule has 150 valence electrons. The Bertz CT molecular complexity index is 735. The zero-order chi connectivity index (χ0) is 19.9. The van der Waals surface area contributed by atoms with Crippen LogP contribution < -0.4 is 0 Å². The molecule has 1 saturated heterocycles. The topological polar surface area (TPSA) is 94.5 Å². The second-order valence-electron chi connectivity index (χ2n) is 6.50. The summed E-state index contributed by atoms with van der Waals surface area (Å²) >= 11 is 0. The number of methoxy groups -OCH3 is 1. The van der Waals surface area contributed by atoms with Gasteiger partial charge in [0.2, 0.25) is 0 Å². The van der Waals surface area contributed by atoms with Crippen LogP contribution in [0.4, 0.5) is 0 Å². The Kier molecular flexibility index (Phi) is 7.13. The Balaban J connectivity index is 1.59. The molecule has 0 saturated carbocycles. The third-order valence-electron chi connectivity index (χ3n) is 4.52. The summed E-state index contributed by atoms with van der Waals surface area (Å²) in [6.45, 7) is 0.389. The number of aliphatic hydroxyl groups is 2. The van der Waals surface area contributed by atoms with Gasteiger partial charge in [-0.1, -0.05) is 48.5 Å². The number of aliphatic hydroxyl groups excluding tert-OH is 2. The van der Waals surface area contributed by atoms with Crippen LogP contribution in [-0.2, 0) is 25.6 Å². The minimum atomic E-state index is -1.38. The van der Waals surface area contributed by atoms with Crippen molar-refractivity contribution in [2.75, 3.05) is 13.7 Å². The molecule has 1 fully saturated rings. The molecule has 0 amide bonds. The summed E-state index contributed by atoms with van der Waals surface area (Å²) < 4.78 is 21.8. The van der Waals surface area contributed by atoms with E-state index in [1.807, 2.05) is 30.3 Å². The summed E-state index contributed by atoms with van der Waals surface area (Å²) in [5.41, 5.74) is 1.30. The number of benzene rings is 2. The normalized spacial score (nSPS) is 27.3. The molecule has 5 atom stereocenters. The highest BCUT2D eigenvalue weighted by Gasteiger charge is 2.47. The summed E-state index contributed by atoms with van der Waals surface area (Å²) in [6, 6.07) is 17.9. The minimum absolute atomic E-state index is 0.0479. The van der Waals surface area contributed by atoms with E-state index in [-0.39, 0.29) is 6.61 Å². The van der Waals surface area contributed by atoms with Gasteiger partial charge in [-0.05, 0) is 17.7 Å². The van der Waals surface area contributed by atoms with Gasteiger partial charge >= 0.3 is 5.97 Å². The molecule has 2 N–H and O–H groups in total. The maximum Gasteiger partial charge on any atom is 0.338 e. The molecule has 7 heteroatoms. The molecule has 0 aromatic heterocycles. The van der Waals surface area contributed by atoms with Gasteiger partial charge in [0.25, 0.3) is 0 Å². The van der Waals surface area contributed by atoms with E-state index in [0.29, 0.717) is 12.2 Å². The number of rotatable bonds is 7. The zero-order valence-corrected chi connectivity index (χ0v) is 15.5. The summed E-state index contributed by atoms with van der Waals surface area (Å²) in [5, 5.41) is 20.9. The van der Waals surface area contributed by atoms with Crippen molar-refractivity contribution in [3.05, 3.63) is 71.8 Å². The van der Waals surface area contributed by atoms with E-state index in [4.69, 9.17) is 18.9 Å². The monoisotopic (exact) mass is 388 g/mol. The average Bonchev–Trinajstić information content (AvgIpc) is 2.74. The Morgan fingerprint density at radius 3 is 2.29 bits per heavy atom. The van der Waals surface area contributed by atoms with E-state index in [0.717, 1.165) is 5.56 Å². The number of esters is 1. The molecule has 2 aromatic carbocycles. The molecule has 1 aliphatic rings. The maximum atomic E-state index is 12.3. The third kappa shape index (κ3) is 4.95. The van der Waals surface area contributed by atoms with Crippen molar-refractivity contribution in [3.8, 4) is 0 Å². The van der Waals surface area contributed by atoms with E-state index >= 15 is 0 Å². The predicted octanol–water partition coefficient (Wildman–Crippen LogP) is 1.52. The fourth-order valence-corrected chi connectivity index (χ4v) is 2.99. The summed E-state index contributed by atoms with van der Waals surface area (Å²) in [4.78, 5) is 12.3. The lowest BCUT2D eigenvalue weighted by Gasteiger charge is -2.41. The molecule has 2 aromatic rings. The van der Waals surface area contributed by atoms with E-state index in [9.17, 15) is 15.0 Å². The Labute approximate surface area is 163 Å².